The van der Waals surface area contributed by atoms with Gasteiger partial charge in [0.1, 0.15) is 0 Å². The number of hydrogen-bond donors (Lipinski definition) is 0. The van der Waals surface area contributed by atoms with Gasteiger partial charge in [0.25, 0.3) is 0 Å². The first-order chi connectivity index (χ1) is 15.9. The Morgan fingerprint density at radius 2 is 1.19 bits per heavy atom. The molecule has 0 unspecified atom stereocenters. The zero-order valence-electron chi connectivity index (χ0n) is 17.3. The molecule has 150 valence electrons. The van der Waals surface area contributed by atoms with Gasteiger partial charge in [-0.25, -0.2) is 0 Å². The molecule has 1 aliphatic heterocycles. The van der Waals surface area contributed by atoms with Gasteiger partial charge >= 0.3 is 0 Å². The van der Waals surface area contributed by atoms with Crippen LogP contribution in [0.15, 0.2) is 125 Å². The van der Waals surface area contributed by atoms with Gasteiger partial charge < -0.3 is 4.57 Å². The molecule has 0 bridgehead atoms. The highest BCUT2D eigenvalue weighted by Crippen LogP contribution is 2.48. The van der Waals surface area contributed by atoms with E-state index >= 15 is 0 Å². The zero-order valence-corrected chi connectivity index (χ0v) is 18.1. The third-order valence-electron chi connectivity index (χ3n) is 6.36. The van der Waals surface area contributed by atoms with Gasteiger partial charge in [-0.15, -0.1) is 0 Å². The van der Waals surface area contributed by atoms with Crippen LogP contribution < -0.4 is 0 Å². The van der Waals surface area contributed by atoms with E-state index in [9.17, 15) is 0 Å². The van der Waals surface area contributed by atoms with Gasteiger partial charge in [0.2, 0.25) is 0 Å². The number of rotatable bonds is 2. The molecule has 0 saturated heterocycles. The van der Waals surface area contributed by atoms with Crippen LogP contribution in [-0.4, -0.2) is 4.57 Å². The maximum atomic E-state index is 2.44. The van der Waals surface area contributed by atoms with Crippen LogP contribution in [0, 0.1) is 0 Å². The summed E-state index contributed by atoms with van der Waals surface area (Å²) in [4.78, 5) is 2.62. The van der Waals surface area contributed by atoms with E-state index in [1.165, 1.54) is 59.5 Å². The molecule has 1 aliphatic rings. The summed E-state index contributed by atoms with van der Waals surface area (Å²) in [6, 6.07) is 41.7. The molecule has 0 fully saturated rings. The van der Waals surface area contributed by atoms with Crippen molar-refractivity contribution in [2.75, 3.05) is 0 Å². The molecular weight excluding hydrogens is 406 g/mol. The minimum Gasteiger partial charge on any atom is -0.307 e. The summed E-state index contributed by atoms with van der Waals surface area (Å²) < 4.78 is 2.44. The first-order valence-electron chi connectivity index (χ1n) is 10.9. The molecule has 2 heterocycles. The largest absolute Gasteiger partial charge is 0.307 e. The Morgan fingerprint density at radius 3 is 2.09 bits per heavy atom. The maximum Gasteiger partial charge on any atom is 0.0681 e. The fourth-order valence-electron chi connectivity index (χ4n) is 4.91. The van der Waals surface area contributed by atoms with Gasteiger partial charge in [0.15, 0.2) is 0 Å². The van der Waals surface area contributed by atoms with Gasteiger partial charge in [-0.3, -0.25) is 0 Å². The number of aromatic nitrogens is 1. The summed E-state index contributed by atoms with van der Waals surface area (Å²) >= 11 is 1.88. The predicted molar refractivity (Wildman–Crippen MR) is 136 cm³/mol. The van der Waals surface area contributed by atoms with Crippen molar-refractivity contribution in [1.29, 1.82) is 0 Å². The van der Waals surface area contributed by atoms with Crippen molar-refractivity contribution in [3.63, 3.8) is 0 Å². The first-order valence-corrected chi connectivity index (χ1v) is 11.7. The maximum absolute atomic E-state index is 2.44. The Hall–Kier alpha value is -3.75. The molecule has 0 radical (unpaired) electrons. The average molecular weight is 426 g/mol. The summed E-state index contributed by atoms with van der Waals surface area (Å²) in [7, 11) is 0. The molecule has 0 aliphatic carbocycles. The minimum atomic E-state index is 1.25. The second-order valence-corrected chi connectivity index (χ2v) is 9.32. The standard InChI is InChI=1S/C30H19NS/c1-2-9-20(10-3-1)21-11-8-12-22(17-21)23-18-25-24-13-4-5-14-26(24)31-27-15-6-7-16-28(27)32-29(19-23)30(25)31/h1-19H. The smallest absolute Gasteiger partial charge is 0.0681 e. The normalized spacial score (nSPS) is 12.2. The molecule has 2 heteroatoms. The van der Waals surface area contributed by atoms with Crippen LogP contribution in [0.4, 0.5) is 0 Å². The number of hydrogen-bond acceptors (Lipinski definition) is 1. The number of nitrogens with zero attached hydrogens (tertiary/aromatic N) is 1. The van der Waals surface area contributed by atoms with Crippen LogP contribution in [0.3, 0.4) is 0 Å². The van der Waals surface area contributed by atoms with E-state index < -0.39 is 0 Å². The molecule has 1 nitrogen and oxygen atoms in total. The summed E-state index contributed by atoms with van der Waals surface area (Å²) in [6.45, 7) is 0. The molecular formula is C30H19NS. The number of para-hydroxylation sites is 2. The summed E-state index contributed by atoms with van der Waals surface area (Å²) in [5.74, 6) is 0. The Bertz CT molecular complexity index is 1640. The van der Waals surface area contributed by atoms with E-state index in [-0.39, 0.29) is 0 Å². The van der Waals surface area contributed by atoms with Crippen molar-refractivity contribution in [2.45, 2.75) is 9.79 Å². The van der Waals surface area contributed by atoms with Crippen LogP contribution in [-0.2, 0) is 0 Å². The second-order valence-electron chi connectivity index (χ2n) is 8.24. The highest BCUT2D eigenvalue weighted by Gasteiger charge is 2.23. The monoisotopic (exact) mass is 425 g/mol. The SMILES string of the molecule is c1ccc(-c2cccc(-c3cc4c5c(c3)c3ccccc3n5-c3ccccc3S4)c2)cc1. The fraction of sp³-hybridized carbons (Fsp3) is 0. The topological polar surface area (TPSA) is 4.93 Å². The van der Waals surface area contributed by atoms with E-state index in [4.69, 9.17) is 0 Å². The Morgan fingerprint density at radius 1 is 0.469 bits per heavy atom. The van der Waals surface area contributed by atoms with Crippen molar-refractivity contribution in [3.05, 3.63) is 115 Å². The van der Waals surface area contributed by atoms with Gasteiger partial charge in [0.05, 0.1) is 16.7 Å². The lowest BCUT2D eigenvalue weighted by molar-refractivity contribution is 1.09. The van der Waals surface area contributed by atoms with E-state index in [0.29, 0.717) is 0 Å². The first kappa shape index (κ1) is 17.9. The van der Waals surface area contributed by atoms with E-state index in [2.05, 4.69) is 120 Å². The summed E-state index contributed by atoms with van der Waals surface area (Å²) in [5, 5.41) is 2.63. The Kier molecular flexibility index (Phi) is 3.84. The average Bonchev–Trinajstić information content (AvgIpc) is 3.20. The Balaban J connectivity index is 1.51. The van der Waals surface area contributed by atoms with Crippen LogP contribution in [0.2, 0.25) is 0 Å². The lowest BCUT2D eigenvalue weighted by Gasteiger charge is -2.20. The molecule has 1 aromatic heterocycles. The van der Waals surface area contributed by atoms with Crippen molar-refractivity contribution in [3.8, 4) is 27.9 Å². The van der Waals surface area contributed by atoms with Gasteiger partial charge in [0, 0.05) is 20.6 Å². The molecule has 0 N–H and O–H groups in total. The second kappa shape index (κ2) is 6.88. The van der Waals surface area contributed by atoms with Crippen LogP contribution in [0.5, 0.6) is 0 Å². The summed E-state index contributed by atoms with van der Waals surface area (Å²) in [5.41, 5.74) is 8.87. The van der Waals surface area contributed by atoms with Crippen LogP contribution in [0.1, 0.15) is 0 Å². The molecule has 0 atom stereocenters. The molecule has 0 spiro atoms. The van der Waals surface area contributed by atoms with Crippen molar-refractivity contribution in [1.82, 2.24) is 4.57 Å². The zero-order chi connectivity index (χ0) is 21.1. The fourth-order valence-corrected chi connectivity index (χ4v) is 6.04. The van der Waals surface area contributed by atoms with Crippen LogP contribution >= 0.6 is 11.8 Å². The third kappa shape index (κ3) is 2.60. The van der Waals surface area contributed by atoms with Crippen molar-refractivity contribution in [2.24, 2.45) is 0 Å². The highest BCUT2D eigenvalue weighted by atomic mass is 32.2. The molecule has 5 aromatic carbocycles. The van der Waals surface area contributed by atoms with Gasteiger partial charge in [-0.1, -0.05) is 90.6 Å². The van der Waals surface area contributed by atoms with E-state index in [1.807, 2.05) is 11.8 Å². The predicted octanol–water partition coefficient (Wildman–Crippen LogP) is 8.58. The third-order valence-corrected chi connectivity index (χ3v) is 7.46. The number of benzene rings is 5. The molecule has 32 heavy (non-hydrogen) atoms. The molecule has 7 rings (SSSR count). The van der Waals surface area contributed by atoms with Gasteiger partial charge in [-0.05, 0) is 58.7 Å². The van der Waals surface area contributed by atoms with Gasteiger partial charge in [-0.2, -0.15) is 0 Å². The van der Waals surface area contributed by atoms with E-state index in [1.54, 1.807) is 0 Å². The van der Waals surface area contributed by atoms with E-state index in [0.717, 1.165) is 0 Å². The molecule has 0 saturated carbocycles. The lowest BCUT2D eigenvalue weighted by Crippen LogP contribution is -2.01. The van der Waals surface area contributed by atoms with Crippen LogP contribution in [0.25, 0.3) is 49.7 Å². The van der Waals surface area contributed by atoms with Crippen molar-refractivity contribution >= 4 is 33.6 Å². The quantitative estimate of drug-likeness (QED) is 0.268. The molecule has 0 amide bonds. The Labute approximate surface area is 191 Å². The van der Waals surface area contributed by atoms with Crippen molar-refractivity contribution < 1.29 is 0 Å². The minimum absolute atomic E-state index is 1.25. The number of fused-ring (bicyclic) bond motifs is 5. The lowest BCUT2D eigenvalue weighted by atomic mass is 9.98. The molecule has 6 aromatic rings. The summed E-state index contributed by atoms with van der Waals surface area (Å²) in [6.07, 6.45) is 0. The highest BCUT2D eigenvalue weighted by molar-refractivity contribution is 7.99.